The number of benzene rings is 1. The number of aliphatic hydroxyl groups is 1. The van der Waals surface area contributed by atoms with Crippen molar-refractivity contribution in [3.63, 3.8) is 0 Å². The Hall–Kier alpha value is -1.86. The van der Waals surface area contributed by atoms with E-state index in [9.17, 15) is 15.2 Å². The topological polar surface area (TPSA) is 93.9 Å². The van der Waals surface area contributed by atoms with E-state index in [4.69, 9.17) is 9.47 Å². The molecule has 0 heterocycles. The normalized spacial score (nSPS) is 12.0. The van der Waals surface area contributed by atoms with E-state index < -0.39 is 11.0 Å². The second-order valence-electron chi connectivity index (χ2n) is 4.58. The average Bonchev–Trinajstić information content (AvgIpc) is 2.45. The number of nitro groups is 1. The molecule has 7 heteroatoms. The van der Waals surface area contributed by atoms with Crippen molar-refractivity contribution in [1.82, 2.24) is 0 Å². The minimum Gasteiger partial charge on any atom is -0.487 e. The summed E-state index contributed by atoms with van der Waals surface area (Å²) in [5.41, 5.74) is 0.311. The van der Waals surface area contributed by atoms with Gasteiger partial charge in [-0.1, -0.05) is 13.0 Å². The van der Waals surface area contributed by atoms with Gasteiger partial charge in [0.15, 0.2) is 5.75 Å². The molecule has 7 nitrogen and oxygen atoms in total. The van der Waals surface area contributed by atoms with Crippen molar-refractivity contribution in [3.8, 4) is 5.75 Å². The second-order valence-corrected chi connectivity index (χ2v) is 4.58. The molecule has 1 aromatic carbocycles. The molecule has 0 bridgehead atoms. The summed E-state index contributed by atoms with van der Waals surface area (Å²) in [6, 6.07) is 4.91. The molecule has 0 radical (unpaired) electrons. The van der Waals surface area contributed by atoms with E-state index in [1.54, 1.807) is 18.2 Å². The van der Waals surface area contributed by atoms with Gasteiger partial charge in [-0.15, -0.1) is 0 Å². The van der Waals surface area contributed by atoms with Gasteiger partial charge in [-0.2, -0.15) is 0 Å². The zero-order chi connectivity index (χ0) is 15.7. The Bertz CT molecular complexity index is 453. The van der Waals surface area contributed by atoms with Crippen molar-refractivity contribution in [1.29, 1.82) is 0 Å². The molecule has 0 saturated carbocycles. The van der Waals surface area contributed by atoms with Crippen LogP contribution in [0, 0.1) is 10.1 Å². The summed E-state index contributed by atoms with van der Waals surface area (Å²) >= 11 is 0. The number of hydrogen-bond donors (Lipinski definition) is 2. The van der Waals surface area contributed by atoms with E-state index in [2.05, 4.69) is 5.32 Å². The second kappa shape index (κ2) is 9.15. The molecule has 1 unspecified atom stereocenters. The molecule has 0 aliphatic carbocycles. The molecule has 0 amide bonds. The SMILES string of the molecule is CCCOc1cccc(NCCC(O)COC)c1[N+](=O)[O-]. The van der Waals surface area contributed by atoms with Gasteiger partial charge < -0.3 is 19.9 Å². The molecule has 1 aromatic rings. The molecule has 118 valence electrons. The predicted octanol–water partition coefficient (Wildman–Crippen LogP) is 2.19. The van der Waals surface area contributed by atoms with Crippen LogP contribution in [-0.4, -0.2) is 43.0 Å². The Morgan fingerprint density at radius 3 is 2.86 bits per heavy atom. The number of methoxy groups -OCH3 is 1. The Labute approximate surface area is 124 Å². The Kier molecular flexibility index (Phi) is 7.49. The first kappa shape index (κ1) is 17.2. The van der Waals surface area contributed by atoms with Gasteiger partial charge in [-0.25, -0.2) is 0 Å². The van der Waals surface area contributed by atoms with Crippen LogP contribution < -0.4 is 10.1 Å². The number of aliphatic hydroxyl groups excluding tert-OH is 1. The molecule has 1 rings (SSSR count). The van der Waals surface area contributed by atoms with Crippen LogP contribution >= 0.6 is 0 Å². The molecule has 0 fully saturated rings. The molecular weight excluding hydrogens is 276 g/mol. The quantitative estimate of drug-likeness (QED) is 0.508. The van der Waals surface area contributed by atoms with E-state index in [0.717, 1.165) is 6.42 Å². The molecule has 0 spiro atoms. The van der Waals surface area contributed by atoms with E-state index >= 15 is 0 Å². The summed E-state index contributed by atoms with van der Waals surface area (Å²) in [4.78, 5) is 10.8. The number of nitrogens with one attached hydrogen (secondary N) is 1. The summed E-state index contributed by atoms with van der Waals surface area (Å²) in [6.45, 7) is 3.01. The third kappa shape index (κ3) is 5.57. The van der Waals surface area contributed by atoms with E-state index in [-0.39, 0.29) is 18.0 Å². The first-order chi connectivity index (χ1) is 10.1. The molecular formula is C14H22N2O5. The smallest absolute Gasteiger partial charge is 0.333 e. The van der Waals surface area contributed by atoms with Crippen molar-refractivity contribution in [2.75, 3.05) is 32.2 Å². The number of ether oxygens (including phenoxy) is 2. The third-order valence-corrected chi connectivity index (χ3v) is 2.80. The molecule has 0 saturated heterocycles. The van der Waals surface area contributed by atoms with Gasteiger partial charge in [0.05, 0.1) is 24.2 Å². The third-order valence-electron chi connectivity index (χ3n) is 2.80. The van der Waals surface area contributed by atoms with E-state index in [1.165, 1.54) is 7.11 Å². The van der Waals surface area contributed by atoms with E-state index in [0.29, 0.717) is 25.3 Å². The fourth-order valence-corrected chi connectivity index (χ4v) is 1.83. The summed E-state index contributed by atoms with van der Waals surface area (Å²) in [7, 11) is 1.51. The zero-order valence-electron chi connectivity index (χ0n) is 12.4. The number of nitro benzene ring substituents is 1. The van der Waals surface area contributed by atoms with Crippen LogP contribution in [0.2, 0.25) is 0 Å². The van der Waals surface area contributed by atoms with Crippen LogP contribution in [-0.2, 0) is 4.74 Å². The van der Waals surface area contributed by atoms with Crippen LogP contribution in [0.15, 0.2) is 18.2 Å². The van der Waals surface area contributed by atoms with Crippen LogP contribution in [0.5, 0.6) is 5.75 Å². The number of para-hydroxylation sites is 1. The highest BCUT2D eigenvalue weighted by Gasteiger charge is 2.20. The van der Waals surface area contributed by atoms with Gasteiger partial charge in [0.25, 0.3) is 0 Å². The van der Waals surface area contributed by atoms with Gasteiger partial charge in [-0.05, 0) is 25.0 Å². The van der Waals surface area contributed by atoms with Crippen LogP contribution in [0.25, 0.3) is 0 Å². The maximum atomic E-state index is 11.2. The molecule has 1 atom stereocenters. The van der Waals surface area contributed by atoms with Crippen LogP contribution in [0.1, 0.15) is 19.8 Å². The highest BCUT2D eigenvalue weighted by atomic mass is 16.6. The van der Waals surface area contributed by atoms with Gasteiger partial charge in [0.2, 0.25) is 0 Å². The molecule has 0 aromatic heterocycles. The number of rotatable bonds is 10. The molecule has 21 heavy (non-hydrogen) atoms. The number of anilines is 1. The summed E-state index contributed by atoms with van der Waals surface area (Å²) < 4.78 is 10.2. The fraction of sp³-hybridized carbons (Fsp3) is 0.571. The Morgan fingerprint density at radius 1 is 1.48 bits per heavy atom. The van der Waals surface area contributed by atoms with Crippen molar-refractivity contribution in [2.24, 2.45) is 0 Å². The highest BCUT2D eigenvalue weighted by molar-refractivity contribution is 5.68. The summed E-state index contributed by atoms with van der Waals surface area (Å²) in [5, 5.41) is 23.7. The average molecular weight is 298 g/mol. The van der Waals surface area contributed by atoms with Gasteiger partial charge >= 0.3 is 5.69 Å². The number of hydrogen-bond acceptors (Lipinski definition) is 6. The van der Waals surface area contributed by atoms with Crippen molar-refractivity contribution in [3.05, 3.63) is 28.3 Å². The molecule has 0 aliphatic heterocycles. The number of nitrogens with zero attached hydrogens (tertiary/aromatic N) is 1. The van der Waals surface area contributed by atoms with Gasteiger partial charge in [0.1, 0.15) is 5.69 Å². The standard InChI is InChI=1S/C14H22N2O5/c1-3-9-21-13-6-4-5-12(14(13)16(18)19)15-8-7-11(17)10-20-2/h4-6,11,15,17H,3,7-10H2,1-2H3. The largest absolute Gasteiger partial charge is 0.487 e. The molecule has 2 N–H and O–H groups in total. The maximum Gasteiger partial charge on any atom is 0.333 e. The lowest BCUT2D eigenvalue weighted by Crippen LogP contribution is -2.18. The first-order valence-electron chi connectivity index (χ1n) is 6.91. The highest BCUT2D eigenvalue weighted by Crippen LogP contribution is 2.34. The lowest BCUT2D eigenvalue weighted by atomic mass is 10.2. The van der Waals surface area contributed by atoms with Crippen LogP contribution in [0.4, 0.5) is 11.4 Å². The lowest BCUT2D eigenvalue weighted by molar-refractivity contribution is -0.385. The summed E-state index contributed by atoms with van der Waals surface area (Å²) in [6.07, 6.45) is 0.615. The zero-order valence-corrected chi connectivity index (χ0v) is 12.4. The van der Waals surface area contributed by atoms with Gasteiger partial charge in [-0.3, -0.25) is 10.1 Å². The van der Waals surface area contributed by atoms with E-state index in [1.807, 2.05) is 6.92 Å². The van der Waals surface area contributed by atoms with Gasteiger partial charge in [0, 0.05) is 13.7 Å². The fourth-order valence-electron chi connectivity index (χ4n) is 1.83. The monoisotopic (exact) mass is 298 g/mol. The van der Waals surface area contributed by atoms with Crippen molar-refractivity contribution < 1.29 is 19.5 Å². The Balaban J connectivity index is 2.74. The van der Waals surface area contributed by atoms with Crippen molar-refractivity contribution in [2.45, 2.75) is 25.9 Å². The lowest BCUT2D eigenvalue weighted by Gasteiger charge is -2.12. The van der Waals surface area contributed by atoms with Crippen LogP contribution in [0.3, 0.4) is 0 Å². The van der Waals surface area contributed by atoms with Crippen molar-refractivity contribution >= 4 is 11.4 Å². The maximum absolute atomic E-state index is 11.2. The minimum absolute atomic E-state index is 0.0767. The Morgan fingerprint density at radius 2 is 2.24 bits per heavy atom. The molecule has 0 aliphatic rings. The minimum atomic E-state index is -0.596. The predicted molar refractivity (Wildman–Crippen MR) is 79.9 cm³/mol. The first-order valence-corrected chi connectivity index (χ1v) is 6.91. The summed E-state index contributed by atoms with van der Waals surface area (Å²) in [5.74, 6) is 0.254.